The fourth-order valence-corrected chi connectivity index (χ4v) is 3.25. The number of carbonyl (C=O) groups excluding carboxylic acids is 1. The number of aliphatic hydroxyl groups is 1. The number of carbonyl (C=O) groups is 1. The fourth-order valence-electron chi connectivity index (χ4n) is 3.25. The maximum Gasteiger partial charge on any atom is 0.274 e. The lowest BCUT2D eigenvalue weighted by Crippen LogP contribution is -2.46. The Hall–Kier alpha value is -1.36. The molecule has 2 unspecified atom stereocenters. The first-order valence-corrected chi connectivity index (χ1v) is 7.18. The number of nitrogens with one attached hydrogen (secondary N) is 1. The molecular weight excluding hydrogens is 242 g/mol. The summed E-state index contributed by atoms with van der Waals surface area (Å²) >= 11 is 0. The van der Waals surface area contributed by atoms with E-state index in [2.05, 4.69) is 17.1 Å². The van der Waals surface area contributed by atoms with Crippen molar-refractivity contribution in [1.82, 2.24) is 15.1 Å². The van der Waals surface area contributed by atoms with Crippen LogP contribution in [-0.4, -0.2) is 45.3 Å². The predicted molar refractivity (Wildman–Crippen MR) is 70.9 cm³/mol. The summed E-state index contributed by atoms with van der Waals surface area (Å²) in [5, 5.41) is 16.5. The minimum absolute atomic E-state index is 0.0325. The molecule has 1 aromatic heterocycles. The molecule has 1 amide bonds. The molecule has 1 saturated heterocycles. The van der Waals surface area contributed by atoms with Crippen LogP contribution in [0.5, 0.6) is 0 Å². The van der Waals surface area contributed by atoms with Crippen molar-refractivity contribution < 1.29 is 9.90 Å². The van der Waals surface area contributed by atoms with E-state index in [0.717, 1.165) is 43.4 Å². The summed E-state index contributed by atoms with van der Waals surface area (Å²) < 4.78 is 0. The molecule has 1 fully saturated rings. The second kappa shape index (κ2) is 4.96. The number of amides is 1. The summed E-state index contributed by atoms with van der Waals surface area (Å²) in [4.78, 5) is 14.5. The Morgan fingerprint density at radius 1 is 1.47 bits per heavy atom. The third-order valence-corrected chi connectivity index (χ3v) is 4.51. The van der Waals surface area contributed by atoms with Gasteiger partial charge in [0, 0.05) is 30.5 Å². The van der Waals surface area contributed by atoms with Gasteiger partial charge in [0.1, 0.15) is 0 Å². The Kier molecular flexibility index (Phi) is 3.31. The van der Waals surface area contributed by atoms with Crippen LogP contribution in [0.1, 0.15) is 47.9 Å². The quantitative estimate of drug-likeness (QED) is 0.840. The molecular formula is C14H21N3O2. The van der Waals surface area contributed by atoms with Crippen LogP contribution in [-0.2, 0) is 12.8 Å². The van der Waals surface area contributed by atoms with Crippen LogP contribution in [0, 0.1) is 5.92 Å². The first kappa shape index (κ1) is 12.7. The molecule has 0 radical (unpaired) electrons. The normalized spacial score (nSPS) is 26.5. The first-order valence-electron chi connectivity index (χ1n) is 7.18. The number of aromatic nitrogens is 2. The predicted octanol–water partition coefficient (Wildman–Crippen LogP) is 1.13. The highest BCUT2D eigenvalue weighted by molar-refractivity contribution is 5.94. The Morgan fingerprint density at radius 2 is 2.32 bits per heavy atom. The van der Waals surface area contributed by atoms with Crippen molar-refractivity contribution in [2.45, 2.75) is 45.1 Å². The van der Waals surface area contributed by atoms with Crippen molar-refractivity contribution in [2.75, 3.05) is 13.2 Å². The van der Waals surface area contributed by atoms with Crippen molar-refractivity contribution in [3.8, 4) is 0 Å². The summed E-state index contributed by atoms with van der Waals surface area (Å²) in [5.74, 6) is 0.247. The molecule has 19 heavy (non-hydrogen) atoms. The van der Waals surface area contributed by atoms with Gasteiger partial charge in [-0.2, -0.15) is 5.10 Å². The van der Waals surface area contributed by atoms with Crippen LogP contribution in [0.2, 0.25) is 0 Å². The zero-order valence-electron chi connectivity index (χ0n) is 11.4. The molecule has 1 aliphatic carbocycles. The van der Waals surface area contributed by atoms with Gasteiger partial charge in [0.05, 0.1) is 0 Å². The molecule has 0 bridgehead atoms. The topological polar surface area (TPSA) is 69.2 Å². The van der Waals surface area contributed by atoms with E-state index in [9.17, 15) is 9.90 Å². The highest BCUT2D eigenvalue weighted by Crippen LogP contribution is 2.27. The van der Waals surface area contributed by atoms with Gasteiger partial charge >= 0.3 is 0 Å². The third-order valence-electron chi connectivity index (χ3n) is 4.51. The number of aromatic amines is 1. The fraction of sp³-hybridized carbons (Fsp3) is 0.714. The van der Waals surface area contributed by atoms with E-state index in [1.165, 1.54) is 0 Å². The average molecular weight is 263 g/mol. The van der Waals surface area contributed by atoms with Crippen LogP contribution in [0.15, 0.2) is 0 Å². The van der Waals surface area contributed by atoms with Gasteiger partial charge in [0.2, 0.25) is 0 Å². The second-order valence-corrected chi connectivity index (χ2v) is 5.82. The van der Waals surface area contributed by atoms with Gasteiger partial charge in [-0.1, -0.05) is 0 Å². The van der Waals surface area contributed by atoms with Crippen LogP contribution in [0.25, 0.3) is 0 Å². The van der Waals surface area contributed by atoms with E-state index in [1.807, 2.05) is 4.90 Å². The maximum absolute atomic E-state index is 12.7. The zero-order valence-corrected chi connectivity index (χ0v) is 11.4. The van der Waals surface area contributed by atoms with E-state index in [1.54, 1.807) is 0 Å². The van der Waals surface area contributed by atoms with Crippen LogP contribution in [0.3, 0.4) is 0 Å². The molecule has 0 saturated carbocycles. The van der Waals surface area contributed by atoms with Crippen LogP contribution in [0.4, 0.5) is 0 Å². The van der Waals surface area contributed by atoms with Crippen molar-refractivity contribution in [1.29, 1.82) is 0 Å². The molecule has 104 valence electrons. The van der Waals surface area contributed by atoms with Gasteiger partial charge in [-0.15, -0.1) is 0 Å². The van der Waals surface area contributed by atoms with Crippen molar-refractivity contribution in [3.05, 3.63) is 17.0 Å². The lowest BCUT2D eigenvalue weighted by atomic mass is 9.93. The number of hydrogen-bond donors (Lipinski definition) is 2. The van der Waals surface area contributed by atoms with E-state index in [0.29, 0.717) is 12.2 Å². The highest BCUT2D eigenvalue weighted by Gasteiger charge is 2.32. The smallest absolute Gasteiger partial charge is 0.274 e. The van der Waals surface area contributed by atoms with Gasteiger partial charge in [-0.25, -0.2) is 0 Å². The summed E-state index contributed by atoms with van der Waals surface area (Å²) in [6, 6.07) is 0.240. The lowest BCUT2D eigenvalue weighted by Gasteiger charge is -2.37. The molecule has 5 nitrogen and oxygen atoms in total. The van der Waals surface area contributed by atoms with E-state index >= 15 is 0 Å². The SMILES string of the molecule is CC1CCC(CO)CN1C(=O)c1n[nH]c2c1CCC2. The molecule has 5 heteroatoms. The van der Waals surface area contributed by atoms with Crippen molar-refractivity contribution >= 4 is 5.91 Å². The molecule has 0 aromatic carbocycles. The maximum atomic E-state index is 12.7. The van der Waals surface area contributed by atoms with E-state index < -0.39 is 0 Å². The highest BCUT2D eigenvalue weighted by atomic mass is 16.3. The number of hydrogen-bond acceptors (Lipinski definition) is 3. The van der Waals surface area contributed by atoms with Crippen LogP contribution >= 0.6 is 0 Å². The minimum atomic E-state index is 0.0325. The Balaban J connectivity index is 1.82. The summed E-state index contributed by atoms with van der Waals surface area (Å²) in [6.07, 6.45) is 5.03. The lowest BCUT2D eigenvalue weighted by molar-refractivity contribution is 0.0482. The van der Waals surface area contributed by atoms with Gasteiger partial charge in [0.25, 0.3) is 5.91 Å². The van der Waals surface area contributed by atoms with Gasteiger partial charge in [0.15, 0.2) is 5.69 Å². The van der Waals surface area contributed by atoms with Crippen molar-refractivity contribution in [3.63, 3.8) is 0 Å². The molecule has 1 aromatic rings. The van der Waals surface area contributed by atoms with E-state index in [-0.39, 0.29) is 24.5 Å². The molecule has 0 spiro atoms. The third kappa shape index (κ3) is 2.16. The van der Waals surface area contributed by atoms with Crippen LogP contribution < -0.4 is 0 Å². The molecule has 1 aliphatic heterocycles. The first-order chi connectivity index (χ1) is 9.20. The standard InChI is InChI=1S/C14H21N3O2/c1-9-5-6-10(8-18)7-17(9)14(19)13-11-3-2-4-12(11)15-16-13/h9-10,18H,2-8H2,1H3,(H,15,16). The Bertz CT molecular complexity index is 483. The monoisotopic (exact) mass is 263 g/mol. The average Bonchev–Trinajstić information content (AvgIpc) is 3.01. The Morgan fingerprint density at radius 3 is 3.11 bits per heavy atom. The number of piperidine rings is 1. The number of H-pyrrole nitrogens is 1. The zero-order chi connectivity index (χ0) is 13.4. The molecule has 2 N–H and O–H groups in total. The number of likely N-dealkylation sites (tertiary alicyclic amines) is 1. The summed E-state index contributed by atoms with van der Waals surface area (Å²) in [7, 11) is 0. The van der Waals surface area contributed by atoms with Gasteiger partial charge in [-0.3, -0.25) is 9.89 Å². The molecule has 2 heterocycles. The number of aliphatic hydroxyl groups excluding tert-OH is 1. The number of aryl methyl sites for hydroxylation is 1. The second-order valence-electron chi connectivity index (χ2n) is 5.82. The molecule has 3 rings (SSSR count). The largest absolute Gasteiger partial charge is 0.396 e. The van der Waals surface area contributed by atoms with Gasteiger partial charge in [-0.05, 0) is 44.9 Å². The number of rotatable bonds is 2. The van der Waals surface area contributed by atoms with Gasteiger partial charge < -0.3 is 10.0 Å². The van der Waals surface area contributed by atoms with Crippen molar-refractivity contribution in [2.24, 2.45) is 5.92 Å². The number of nitrogens with zero attached hydrogens (tertiary/aromatic N) is 2. The molecule has 2 atom stereocenters. The summed E-state index contributed by atoms with van der Waals surface area (Å²) in [6.45, 7) is 2.89. The van der Waals surface area contributed by atoms with E-state index in [4.69, 9.17) is 0 Å². The summed E-state index contributed by atoms with van der Waals surface area (Å²) in [5.41, 5.74) is 2.85. The minimum Gasteiger partial charge on any atom is -0.396 e. The Labute approximate surface area is 113 Å². The molecule has 2 aliphatic rings. The number of fused-ring (bicyclic) bond motifs is 1.